The summed E-state index contributed by atoms with van der Waals surface area (Å²) >= 11 is 0. The standard InChI is InChI=1S/C23H33N6.BrH/c1-7-28(16-17-29(4,5)6)23-14-12-22(13-15-23)27-26-21-10-8-20(9-11-21)18-24-25-19(2)3;/h8-15,18H,7,16-17H2,1-6H3;1H/q+1;/p-1/b24-18+,27-26?;. The van der Waals surface area contributed by atoms with E-state index in [1.54, 1.807) is 6.21 Å². The van der Waals surface area contributed by atoms with Crippen molar-refractivity contribution in [3.8, 4) is 0 Å². The molecule has 0 unspecified atom stereocenters. The lowest BCUT2D eigenvalue weighted by Crippen LogP contribution is -3.00. The van der Waals surface area contributed by atoms with Crippen LogP contribution >= 0.6 is 0 Å². The number of hydrogen-bond donors (Lipinski definition) is 0. The quantitative estimate of drug-likeness (QED) is 0.239. The topological polar surface area (TPSA) is 52.7 Å². The highest BCUT2D eigenvalue weighted by molar-refractivity contribution is 5.83. The van der Waals surface area contributed by atoms with Crippen LogP contribution in [0, 0.1) is 0 Å². The number of halogens is 1. The van der Waals surface area contributed by atoms with E-state index in [2.05, 4.69) is 65.5 Å². The molecule has 0 atom stereocenters. The number of nitrogens with zero attached hydrogens (tertiary/aromatic N) is 6. The number of hydrogen-bond acceptors (Lipinski definition) is 5. The third kappa shape index (κ3) is 9.41. The fraction of sp³-hybridized carbons (Fsp3) is 0.391. The Hall–Kier alpha value is -2.38. The van der Waals surface area contributed by atoms with Gasteiger partial charge in [-0.1, -0.05) is 12.1 Å². The second-order valence-corrected chi connectivity index (χ2v) is 8.19. The maximum Gasteiger partial charge on any atom is 0.0958 e. The van der Waals surface area contributed by atoms with Crippen molar-refractivity contribution in [1.82, 2.24) is 0 Å². The molecule has 2 aromatic carbocycles. The molecule has 0 fully saturated rings. The van der Waals surface area contributed by atoms with Crippen LogP contribution in [0.25, 0.3) is 0 Å². The van der Waals surface area contributed by atoms with Crippen molar-refractivity contribution in [2.24, 2.45) is 20.4 Å². The van der Waals surface area contributed by atoms with Crippen molar-refractivity contribution < 1.29 is 21.5 Å². The van der Waals surface area contributed by atoms with Gasteiger partial charge in [0.25, 0.3) is 0 Å². The first-order valence-corrected chi connectivity index (χ1v) is 9.98. The lowest BCUT2D eigenvalue weighted by Gasteiger charge is -2.29. The van der Waals surface area contributed by atoms with Crippen LogP contribution in [0.2, 0.25) is 0 Å². The third-order valence-corrected chi connectivity index (χ3v) is 4.28. The van der Waals surface area contributed by atoms with Gasteiger partial charge in [0.2, 0.25) is 0 Å². The Bertz CT molecular complexity index is 845. The van der Waals surface area contributed by atoms with Crippen LogP contribution in [0.1, 0.15) is 26.3 Å². The molecule has 0 saturated carbocycles. The maximum absolute atomic E-state index is 4.35. The smallest absolute Gasteiger partial charge is 0.0958 e. The molecule has 0 saturated heterocycles. The minimum Gasteiger partial charge on any atom is -1.00 e. The summed E-state index contributed by atoms with van der Waals surface area (Å²) in [7, 11) is 6.66. The zero-order chi connectivity index (χ0) is 21.3. The van der Waals surface area contributed by atoms with Crippen LogP contribution in [0.4, 0.5) is 17.1 Å². The average Bonchev–Trinajstić information content (AvgIpc) is 2.67. The zero-order valence-electron chi connectivity index (χ0n) is 18.9. The summed E-state index contributed by atoms with van der Waals surface area (Å²) in [5.41, 5.74) is 4.77. The predicted octanol–water partition coefficient (Wildman–Crippen LogP) is 2.45. The molecule has 0 aliphatic rings. The molecule has 0 N–H and O–H groups in total. The Kier molecular flexibility index (Phi) is 10.6. The van der Waals surface area contributed by atoms with Gasteiger partial charge in [-0.15, -0.1) is 0 Å². The molecule has 0 aliphatic heterocycles. The van der Waals surface area contributed by atoms with Gasteiger partial charge in [0.15, 0.2) is 0 Å². The first-order valence-electron chi connectivity index (χ1n) is 9.98. The Morgan fingerprint density at radius 2 is 1.43 bits per heavy atom. The Labute approximate surface area is 191 Å². The normalized spacial score (nSPS) is 11.5. The number of benzene rings is 2. The maximum atomic E-state index is 4.35. The van der Waals surface area contributed by atoms with Gasteiger partial charge < -0.3 is 26.4 Å². The van der Waals surface area contributed by atoms with Crippen molar-refractivity contribution >= 4 is 29.0 Å². The summed E-state index contributed by atoms with van der Waals surface area (Å²) < 4.78 is 0.957. The number of quaternary nitrogens is 1. The van der Waals surface area contributed by atoms with E-state index in [1.165, 1.54) is 5.69 Å². The first kappa shape index (κ1) is 25.7. The second-order valence-electron chi connectivity index (χ2n) is 8.19. The van der Waals surface area contributed by atoms with Gasteiger partial charge in [-0.05, 0) is 62.7 Å². The van der Waals surface area contributed by atoms with Crippen molar-refractivity contribution in [1.29, 1.82) is 0 Å². The van der Waals surface area contributed by atoms with Gasteiger partial charge in [0.1, 0.15) is 0 Å². The number of azo groups is 1. The molecule has 0 radical (unpaired) electrons. The van der Waals surface area contributed by atoms with Gasteiger partial charge >= 0.3 is 0 Å². The number of anilines is 1. The highest BCUT2D eigenvalue weighted by Crippen LogP contribution is 2.22. The highest BCUT2D eigenvalue weighted by Gasteiger charge is 2.11. The molecule has 2 aromatic rings. The molecule has 6 nitrogen and oxygen atoms in total. The van der Waals surface area contributed by atoms with Crippen molar-refractivity contribution in [3.63, 3.8) is 0 Å². The van der Waals surface area contributed by atoms with Crippen LogP contribution in [-0.2, 0) is 0 Å². The molecular formula is C23H33BrN6. The molecule has 162 valence electrons. The highest BCUT2D eigenvalue weighted by atomic mass is 79.9. The van der Waals surface area contributed by atoms with E-state index in [1.807, 2.05) is 50.2 Å². The van der Waals surface area contributed by atoms with Crippen LogP contribution in [0.3, 0.4) is 0 Å². The minimum absolute atomic E-state index is 0. The molecule has 0 amide bonds. The Morgan fingerprint density at radius 1 is 0.900 bits per heavy atom. The van der Waals surface area contributed by atoms with E-state index in [0.29, 0.717) is 0 Å². The summed E-state index contributed by atoms with van der Waals surface area (Å²) in [6, 6.07) is 16.0. The SMILES string of the molecule is CCN(CC[N+](C)(C)C)c1ccc(N=Nc2ccc(/C=N/N=C(C)C)cc2)cc1.[Br-]. The molecule has 0 aromatic heterocycles. The molecule has 0 heterocycles. The van der Waals surface area contributed by atoms with Crippen LogP contribution < -0.4 is 21.9 Å². The number of rotatable bonds is 9. The van der Waals surface area contributed by atoms with Gasteiger partial charge in [0.05, 0.1) is 51.8 Å². The first-order chi connectivity index (χ1) is 13.8. The second kappa shape index (κ2) is 12.3. The van der Waals surface area contributed by atoms with Crippen molar-refractivity contribution in [3.05, 3.63) is 54.1 Å². The van der Waals surface area contributed by atoms with Gasteiger partial charge in [-0.3, -0.25) is 0 Å². The Balaban J connectivity index is 0.00000450. The van der Waals surface area contributed by atoms with Crippen LogP contribution in [-0.4, -0.2) is 57.2 Å². The fourth-order valence-corrected chi connectivity index (χ4v) is 2.57. The predicted molar refractivity (Wildman–Crippen MR) is 124 cm³/mol. The zero-order valence-corrected chi connectivity index (χ0v) is 20.5. The molecule has 0 aliphatic carbocycles. The van der Waals surface area contributed by atoms with Gasteiger partial charge in [0, 0.05) is 17.9 Å². The van der Waals surface area contributed by atoms with Crippen LogP contribution in [0.5, 0.6) is 0 Å². The summed E-state index contributed by atoms with van der Waals surface area (Å²) in [6.07, 6.45) is 1.73. The molecule has 30 heavy (non-hydrogen) atoms. The van der Waals surface area contributed by atoms with Crippen molar-refractivity contribution in [2.75, 3.05) is 45.7 Å². The van der Waals surface area contributed by atoms with E-state index >= 15 is 0 Å². The summed E-state index contributed by atoms with van der Waals surface area (Å²) in [6.45, 7) is 9.13. The fourth-order valence-electron chi connectivity index (χ4n) is 2.57. The largest absolute Gasteiger partial charge is 1.00 e. The van der Waals surface area contributed by atoms with Gasteiger partial charge in [-0.2, -0.15) is 20.4 Å². The summed E-state index contributed by atoms with van der Waals surface area (Å²) in [5, 5.41) is 16.7. The Morgan fingerprint density at radius 3 is 1.90 bits per heavy atom. The molecular weight excluding hydrogens is 440 g/mol. The van der Waals surface area contributed by atoms with Crippen LogP contribution in [0.15, 0.2) is 69.0 Å². The average molecular weight is 473 g/mol. The van der Waals surface area contributed by atoms with E-state index < -0.39 is 0 Å². The minimum atomic E-state index is 0. The summed E-state index contributed by atoms with van der Waals surface area (Å²) in [4.78, 5) is 2.38. The van der Waals surface area contributed by atoms with E-state index in [0.717, 1.165) is 46.8 Å². The lowest BCUT2D eigenvalue weighted by atomic mass is 10.2. The monoisotopic (exact) mass is 472 g/mol. The summed E-state index contributed by atoms with van der Waals surface area (Å²) in [5.74, 6) is 0. The van der Waals surface area contributed by atoms with Crippen molar-refractivity contribution in [2.45, 2.75) is 20.8 Å². The van der Waals surface area contributed by atoms with Gasteiger partial charge in [-0.25, -0.2) is 0 Å². The van der Waals surface area contributed by atoms with E-state index in [4.69, 9.17) is 0 Å². The molecule has 7 heteroatoms. The van der Waals surface area contributed by atoms with E-state index in [-0.39, 0.29) is 17.0 Å². The number of likely N-dealkylation sites (N-methyl/N-ethyl adjacent to an activating group) is 2. The lowest BCUT2D eigenvalue weighted by molar-refractivity contribution is -0.868. The molecule has 2 rings (SSSR count). The molecule has 0 bridgehead atoms. The van der Waals surface area contributed by atoms with E-state index in [9.17, 15) is 0 Å². The third-order valence-electron chi connectivity index (χ3n) is 4.28. The molecule has 0 spiro atoms.